The van der Waals surface area contributed by atoms with Crippen LogP contribution in [0.15, 0.2) is 34.9 Å². The second-order valence-corrected chi connectivity index (χ2v) is 5.21. The van der Waals surface area contributed by atoms with Crippen molar-refractivity contribution in [1.82, 2.24) is 10.1 Å². The van der Waals surface area contributed by atoms with Crippen LogP contribution in [-0.4, -0.2) is 15.2 Å². The van der Waals surface area contributed by atoms with E-state index in [0.29, 0.717) is 18.1 Å². The molecule has 100 valence electrons. The van der Waals surface area contributed by atoms with Gasteiger partial charge in [0.1, 0.15) is 6.10 Å². The summed E-state index contributed by atoms with van der Waals surface area (Å²) in [5.41, 5.74) is 1.11. The molecule has 19 heavy (non-hydrogen) atoms. The van der Waals surface area contributed by atoms with Gasteiger partial charge in [0.05, 0.1) is 5.41 Å². The number of rotatable bonds is 5. The molecule has 1 unspecified atom stereocenters. The quantitative estimate of drug-likeness (QED) is 0.895. The number of hydrogen-bond acceptors (Lipinski definition) is 4. The number of benzene rings is 1. The molecule has 2 aromatic rings. The lowest BCUT2D eigenvalue weighted by atomic mass is 9.96. The second-order valence-electron chi connectivity index (χ2n) is 5.21. The summed E-state index contributed by atoms with van der Waals surface area (Å²) in [6.45, 7) is 2.02. The Hall–Kier alpha value is -1.68. The van der Waals surface area contributed by atoms with Crippen molar-refractivity contribution in [2.45, 2.75) is 44.1 Å². The van der Waals surface area contributed by atoms with Crippen LogP contribution >= 0.6 is 0 Å². The Kier molecular flexibility index (Phi) is 3.11. The van der Waals surface area contributed by atoms with E-state index >= 15 is 0 Å². The Morgan fingerprint density at radius 1 is 1.32 bits per heavy atom. The van der Waals surface area contributed by atoms with Crippen LogP contribution in [0.4, 0.5) is 0 Å². The highest BCUT2D eigenvalue weighted by Crippen LogP contribution is 2.52. The van der Waals surface area contributed by atoms with Crippen LogP contribution in [0.25, 0.3) is 0 Å². The number of aromatic nitrogens is 2. The summed E-state index contributed by atoms with van der Waals surface area (Å²) in [7, 11) is 0. The molecule has 1 aliphatic carbocycles. The van der Waals surface area contributed by atoms with Crippen LogP contribution in [0.3, 0.4) is 0 Å². The zero-order chi connectivity index (χ0) is 13.3. The molecule has 1 saturated carbocycles. The molecule has 1 N–H and O–H groups in total. The first-order valence-electron chi connectivity index (χ1n) is 6.84. The Bertz CT molecular complexity index is 546. The van der Waals surface area contributed by atoms with E-state index in [2.05, 4.69) is 22.3 Å². The smallest absolute Gasteiger partial charge is 0.237 e. The minimum absolute atomic E-state index is 0.113. The molecular weight excluding hydrogens is 240 g/mol. The van der Waals surface area contributed by atoms with E-state index in [1.807, 2.05) is 25.1 Å². The van der Waals surface area contributed by atoms with Crippen molar-refractivity contribution in [3.63, 3.8) is 0 Å². The van der Waals surface area contributed by atoms with Gasteiger partial charge in [-0.05, 0) is 24.8 Å². The first kappa shape index (κ1) is 12.4. The maximum absolute atomic E-state index is 9.91. The monoisotopic (exact) mass is 258 g/mol. The van der Waals surface area contributed by atoms with Crippen LogP contribution < -0.4 is 0 Å². The van der Waals surface area contributed by atoms with Crippen molar-refractivity contribution in [3.05, 3.63) is 47.6 Å². The van der Waals surface area contributed by atoms with Crippen LogP contribution in [0.2, 0.25) is 0 Å². The standard InChI is InChI=1S/C15H18N2O2/c1-2-6-12(18)13-16-14(19-17-13)15(9-10-15)11-7-4-3-5-8-11/h3-5,7-8,12,18H,2,6,9-10H2,1H3. The van der Waals surface area contributed by atoms with Crippen molar-refractivity contribution >= 4 is 0 Å². The molecule has 1 fully saturated rings. The van der Waals surface area contributed by atoms with E-state index in [4.69, 9.17) is 4.52 Å². The molecule has 1 aliphatic rings. The minimum Gasteiger partial charge on any atom is -0.385 e. The average Bonchev–Trinajstić information content (AvgIpc) is 3.10. The summed E-state index contributed by atoms with van der Waals surface area (Å²) in [5.74, 6) is 1.06. The fourth-order valence-corrected chi connectivity index (χ4v) is 2.48. The van der Waals surface area contributed by atoms with Gasteiger partial charge in [-0.25, -0.2) is 0 Å². The van der Waals surface area contributed by atoms with Crippen molar-refractivity contribution in [2.24, 2.45) is 0 Å². The van der Waals surface area contributed by atoms with E-state index in [0.717, 1.165) is 19.3 Å². The third-order valence-electron chi connectivity index (χ3n) is 3.79. The number of aliphatic hydroxyl groups excluding tert-OH is 1. The predicted molar refractivity (Wildman–Crippen MR) is 70.6 cm³/mol. The van der Waals surface area contributed by atoms with Crippen molar-refractivity contribution in [2.75, 3.05) is 0 Å². The Morgan fingerprint density at radius 3 is 2.68 bits per heavy atom. The van der Waals surface area contributed by atoms with Crippen LogP contribution in [0.1, 0.15) is 56.0 Å². The summed E-state index contributed by atoms with van der Waals surface area (Å²) >= 11 is 0. The summed E-state index contributed by atoms with van der Waals surface area (Å²) < 4.78 is 5.39. The SMILES string of the molecule is CCCC(O)c1noc(C2(c3ccccc3)CC2)n1. The lowest BCUT2D eigenvalue weighted by Gasteiger charge is -2.09. The van der Waals surface area contributed by atoms with Crippen molar-refractivity contribution in [3.8, 4) is 0 Å². The molecule has 1 atom stereocenters. The van der Waals surface area contributed by atoms with Crippen molar-refractivity contribution in [1.29, 1.82) is 0 Å². The highest BCUT2D eigenvalue weighted by atomic mass is 16.5. The van der Waals surface area contributed by atoms with Crippen LogP contribution in [0, 0.1) is 0 Å². The molecule has 1 aromatic heterocycles. The van der Waals surface area contributed by atoms with Gasteiger partial charge >= 0.3 is 0 Å². The molecule has 0 amide bonds. The number of nitrogens with zero attached hydrogens (tertiary/aromatic N) is 2. The molecule has 0 spiro atoms. The molecule has 3 rings (SSSR count). The molecule has 0 bridgehead atoms. The van der Waals surface area contributed by atoms with E-state index in [9.17, 15) is 5.11 Å². The molecule has 0 aliphatic heterocycles. The molecule has 1 heterocycles. The summed E-state index contributed by atoms with van der Waals surface area (Å²) in [5, 5.41) is 13.8. The van der Waals surface area contributed by atoms with Gasteiger partial charge in [0.25, 0.3) is 0 Å². The number of aliphatic hydroxyl groups is 1. The van der Waals surface area contributed by atoms with E-state index in [1.165, 1.54) is 5.56 Å². The van der Waals surface area contributed by atoms with Gasteiger partial charge < -0.3 is 9.63 Å². The Morgan fingerprint density at radius 2 is 2.05 bits per heavy atom. The first-order valence-corrected chi connectivity index (χ1v) is 6.84. The van der Waals surface area contributed by atoms with E-state index in [1.54, 1.807) is 0 Å². The average molecular weight is 258 g/mol. The molecule has 4 nitrogen and oxygen atoms in total. The van der Waals surface area contributed by atoms with Gasteiger partial charge in [0.15, 0.2) is 5.82 Å². The first-order chi connectivity index (χ1) is 9.26. The zero-order valence-corrected chi connectivity index (χ0v) is 11.0. The molecule has 1 aromatic carbocycles. The summed E-state index contributed by atoms with van der Waals surface area (Å²) in [6, 6.07) is 10.2. The highest BCUT2D eigenvalue weighted by Gasteiger charge is 2.51. The maximum Gasteiger partial charge on any atom is 0.237 e. The number of hydrogen-bond donors (Lipinski definition) is 1. The molecule has 0 radical (unpaired) electrons. The topological polar surface area (TPSA) is 59.2 Å². The molecule has 4 heteroatoms. The lowest BCUT2D eigenvalue weighted by molar-refractivity contribution is 0.152. The highest BCUT2D eigenvalue weighted by molar-refractivity contribution is 5.38. The van der Waals surface area contributed by atoms with Gasteiger partial charge in [-0.1, -0.05) is 48.8 Å². The predicted octanol–water partition coefficient (Wildman–Crippen LogP) is 2.98. The zero-order valence-electron chi connectivity index (χ0n) is 11.0. The fraction of sp³-hybridized carbons (Fsp3) is 0.467. The fourth-order valence-electron chi connectivity index (χ4n) is 2.48. The van der Waals surface area contributed by atoms with E-state index in [-0.39, 0.29) is 5.41 Å². The van der Waals surface area contributed by atoms with Gasteiger partial charge in [0.2, 0.25) is 5.89 Å². The third-order valence-corrected chi connectivity index (χ3v) is 3.79. The van der Waals surface area contributed by atoms with Gasteiger partial charge in [-0.15, -0.1) is 0 Å². The third kappa shape index (κ3) is 2.16. The second kappa shape index (κ2) is 4.78. The van der Waals surface area contributed by atoms with Crippen LogP contribution in [-0.2, 0) is 5.41 Å². The van der Waals surface area contributed by atoms with E-state index < -0.39 is 6.10 Å². The van der Waals surface area contributed by atoms with Gasteiger partial charge in [0, 0.05) is 0 Å². The lowest BCUT2D eigenvalue weighted by Crippen LogP contribution is -2.09. The maximum atomic E-state index is 9.91. The Labute approximate surface area is 112 Å². The summed E-state index contributed by atoms with van der Waals surface area (Å²) in [4.78, 5) is 4.41. The summed E-state index contributed by atoms with van der Waals surface area (Å²) in [6.07, 6.45) is 3.01. The molecular formula is C15H18N2O2. The van der Waals surface area contributed by atoms with Gasteiger partial charge in [-0.2, -0.15) is 4.98 Å². The van der Waals surface area contributed by atoms with Crippen LogP contribution in [0.5, 0.6) is 0 Å². The van der Waals surface area contributed by atoms with Crippen molar-refractivity contribution < 1.29 is 9.63 Å². The largest absolute Gasteiger partial charge is 0.385 e. The minimum atomic E-state index is -0.617. The Balaban J connectivity index is 1.87. The molecule has 0 saturated heterocycles. The normalized spacial score (nSPS) is 18.2. The van der Waals surface area contributed by atoms with Gasteiger partial charge in [-0.3, -0.25) is 0 Å².